The fourth-order valence-corrected chi connectivity index (χ4v) is 2.79. The number of primary amides is 1. The van der Waals surface area contributed by atoms with Crippen molar-refractivity contribution in [3.8, 4) is 5.75 Å². The van der Waals surface area contributed by atoms with Gasteiger partial charge in [0.05, 0.1) is 24.8 Å². The molecule has 0 radical (unpaired) electrons. The molecule has 8 heteroatoms. The molecule has 3 rings (SSSR count). The van der Waals surface area contributed by atoms with Gasteiger partial charge in [0.15, 0.2) is 0 Å². The van der Waals surface area contributed by atoms with Crippen molar-refractivity contribution in [2.45, 2.75) is 0 Å². The number of hydrogen-bond donors (Lipinski definition) is 2. The second-order valence-corrected chi connectivity index (χ2v) is 5.46. The van der Waals surface area contributed by atoms with Crippen molar-refractivity contribution in [1.29, 1.82) is 0 Å². The Morgan fingerprint density at radius 2 is 2.04 bits per heavy atom. The molecule has 1 fully saturated rings. The number of urea groups is 1. The number of amides is 3. The minimum atomic E-state index is -0.924. The number of carbonyl (C=O) groups excluding carboxylic acids is 2. The molecule has 0 spiro atoms. The molecule has 23 heavy (non-hydrogen) atoms. The van der Waals surface area contributed by atoms with E-state index >= 15 is 0 Å². The van der Waals surface area contributed by atoms with E-state index in [0.717, 1.165) is 0 Å². The van der Waals surface area contributed by atoms with E-state index < -0.39 is 17.9 Å². The molecule has 2 aliphatic rings. The number of rotatable bonds is 3. The van der Waals surface area contributed by atoms with Crippen molar-refractivity contribution in [1.82, 2.24) is 9.91 Å². The Kier molecular flexibility index (Phi) is 4.26. The Morgan fingerprint density at radius 3 is 2.70 bits per heavy atom. The zero-order chi connectivity index (χ0) is 16.4. The van der Waals surface area contributed by atoms with E-state index in [1.807, 2.05) is 0 Å². The quantitative estimate of drug-likeness (QED) is 0.813. The maximum Gasteiger partial charge on any atom is 0.342 e. The topological polar surface area (TPSA) is 108 Å². The van der Waals surface area contributed by atoms with E-state index in [-0.39, 0.29) is 5.75 Å². The van der Waals surface area contributed by atoms with Crippen molar-refractivity contribution in [3.05, 3.63) is 29.8 Å². The normalized spacial score (nSPS) is 22.3. The Labute approximate surface area is 133 Å². The van der Waals surface area contributed by atoms with Crippen LogP contribution in [0.25, 0.3) is 0 Å². The smallest absolute Gasteiger partial charge is 0.342 e. The highest BCUT2D eigenvalue weighted by Gasteiger charge is 2.40. The number of carbonyl (C=O) groups is 2. The van der Waals surface area contributed by atoms with Crippen LogP contribution in [0.15, 0.2) is 29.4 Å². The number of nitrogens with zero attached hydrogens (tertiary/aromatic N) is 3. The standard InChI is InChI=1S/C15H18N4O4/c16-15(22)19-14(21)11(9-18-5-7-23-8-6-18)13(17-19)10-3-1-2-4-12(10)20/h1-4,11,20H,5-9H2,(H2,16,22)/t11-/m1/s1. The van der Waals surface area contributed by atoms with Crippen LogP contribution in [0.4, 0.5) is 4.79 Å². The molecule has 122 valence electrons. The van der Waals surface area contributed by atoms with Crippen LogP contribution in [0.3, 0.4) is 0 Å². The largest absolute Gasteiger partial charge is 0.507 e. The summed E-state index contributed by atoms with van der Waals surface area (Å²) < 4.78 is 5.30. The van der Waals surface area contributed by atoms with Crippen LogP contribution < -0.4 is 5.73 Å². The summed E-state index contributed by atoms with van der Waals surface area (Å²) in [6.45, 7) is 3.01. The number of ether oxygens (including phenoxy) is 1. The molecule has 1 aromatic carbocycles. The van der Waals surface area contributed by atoms with Crippen molar-refractivity contribution in [2.75, 3.05) is 32.8 Å². The Morgan fingerprint density at radius 1 is 1.35 bits per heavy atom. The van der Waals surface area contributed by atoms with Gasteiger partial charge in [-0.3, -0.25) is 9.69 Å². The first-order chi connectivity index (χ1) is 11.1. The van der Waals surface area contributed by atoms with E-state index in [9.17, 15) is 14.7 Å². The number of para-hydroxylation sites is 1. The molecule has 2 heterocycles. The summed E-state index contributed by atoms with van der Waals surface area (Å²) in [6, 6.07) is 5.67. The summed E-state index contributed by atoms with van der Waals surface area (Å²) >= 11 is 0. The molecule has 0 aromatic heterocycles. The molecular weight excluding hydrogens is 300 g/mol. The van der Waals surface area contributed by atoms with Crippen molar-refractivity contribution < 1.29 is 19.4 Å². The predicted molar refractivity (Wildman–Crippen MR) is 81.8 cm³/mol. The number of imide groups is 1. The maximum atomic E-state index is 12.5. The molecule has 1 atom stereocenters. The fraction of sp³-hybridized carbons (Fsp3) is 0.400. The molecule has 3 N–H and O–H groups in total. The van der Waals surface area contributed by atoms with Crippen LogP contribution in [-0.4, -0.2) is 65.5 Å². The highest BCUT2D eigenvalue weighted by Crippen LogP contribution is 2.27. The summed E-state index contributed by atoms with van der Waals surface area (Å²) in [6.07, 6.45) is 0. The van der Waals surface area contributed by atoms with E-state index in [2.05, 4.69) is 10.0 Å². The SMILES string of the molecule is NC(=O)N1N=C(c2ccccc2O)[C@@H](CN2CCOCC2)C1=O. The second kappa shape index (κ2) is 6.35. The summed E-state index contributed by atoms with van der Waals surface area (Å²) in [5.74, 6) is -1.10. The van der Waals surface area contributed by atoms with E-state index in [1.165, 1.54) is 6.07 Å². The van der Waals surface area contributed by atoms with Gasteiger partial charge in [0.25, 0.3) is 5.91 Å². The fourth-order valence-electron chi connectivity index (χ4n) is 2.79. The highest BCUT2D eigenvalue weighted by molar-refractivity contribution is 6.20. The van der Waals surface area contributed by atoms with E-state index in [0.29, 0.717) is 49.1 Å². The third-order valence-electron chi connectivity index (χ3n) is 3.98. The highest BCUT2D eigenvalue weighted by atomic mass is 16.5. The zero-order valence-electron chi connectivity index (χ0n) is 12.5. The van der Waals surface area contributed by atoms with Gasteiger partial charge in [-0.15, -0.1) is 5.01 Å². The number of nitrogens with two attached hydrogens (primary N) is 1. The molecule has 0 aliphatic carbocycles. The Balaban J connectivity index is 1.91. The summed E-state index contributed by atoms with van der Waals surface area (Å²) in [7, 11) is 0. The third kappa shape index (κ3) is 3.03. The molecule has 0 saturated carbocycles. The number of hydrazone groups is 1. The van der Waals surface area contributed by atoms with Crippen LogP contribution in [0.1, 0.15) is 5.56 Å². The summed E-state index contributed by atoms with van der Waals surface area (Å²) in [4.78, 5) is 26.0. The number of morpholine rings is 1. The number of aromatic hydroxyl groups is 1. The molecule has 2 aliphatic heterocycles. The average Bonchev–Trinajstić information content (AvgIpc) is 2.86. The molecule has 0 unspecified atom stereocenters. The number of phenolic OH excluding ortho intramolecular Hbond substituents is 1. The van der Waals surface area contributed by atoms with Crippen LogP contribution >= 0.6 is 0 Å². The average molecular weight is 318 g/mol. The molecule has 3 amide bonds. The lowest BCUT2D eigenvalue weighted by atomic mass is 9.95. The monoisotopic (exact) mass is 318 g/mol. The lowest BCUT2D eigenvalue weighted by Crippen LogP contribution is -2.44. The minimum absolute atomic E-state index is 0.0114. The molecule has 0 bridgehead atoms. The van der Waals surface area contributed by atoms with Crippen molar-refractivity contribution >= 4 is 17.6 Å². The van der Waals surface area contributed by atoms with Gasteiger partial charge in [0.2, 0.25) is 0 Å². The van der Waals surface area contributed by atoms with Gasteiger partial charge in [0.1, 0.15) is 5.75 Å². The van der Waals surface area contributed by atoms with Gasteiger partial charge in [-0.05, 0) is 12.1 Å². The number of hydrogen-bond acceptors (Lipinski definition) is 6. The van der Waals surface area contributed by atoms with Crippen molar-refractivity contribution in [2.24, 2.45) is 16.8 Å². The second-order valence-electron chi connectivity index (χ2n) is 5.46. The molecular formula is C15H18N4O4. The van der Waals surface area contributed by atoms with Crippen molar-refractivity contribution in [3.63, 3.8) is 0 Å². The van der Waals surface area contributed by atoms with E-state index in [4.69, 9.17) is 10.5 Å². The molecule has 8 nitrogen and oxygen atoms in total. The van der Waals surface area contributed by atoms with Crippen LogP contribution in [0.2, 0.25) is 0 Å². The predicted octanol–water partition coefficient (Wildman–Crippen LogP) is -0.0344. The first-order valence-corrected chi connectivity index (χ1v) is 7.38. The molecule has 1 aromatic rings. The minimum Gasteiger partial charge on any atom is -0.507 e. The van der Waals surface area contributed by atoms with Crippen LogP contribution in [-0.2, 0) is 9.53 Å². The van der Waals surface area contributed by atoms with Gasteiger partial charge in [-0.2, -0.15) is 5.10 Å². The summed E-state index contributed by atoms with van der Waals surface area (Å²) in [5.41, 5.74) is 6.02. The number of phenols is 1. The third-order valence-corrected chi connectivity index (χ3v) is 3.98. The lowest BCUT2D eigenvalue weighted by Gasteiger charge is -2.28. The van der Waals surface area contributed by atoms with Gasteiger partial charge >= 0.3 is 6.03 Å². The van der Waals surface area contributed by atoms with Gasteiger partial charge in [0, 0.05) is 25.2 Å². The molecule has 1 saturated heterocycles. The Hall–Kier alpha value is -2.45. The van der Waals surface area contributed by atoms with E-state index in [1.54, 1.807) is 18.2 Å². The first kappa shape index (κ1) is 15.4. The van der Waals surface area contributed by atoms with Gasteiger partial charge in [-0.25, -0.2) is 4.79 Å². The number of benzene rings is 1. The van der Waals surface area contributed by atoms with Crippen LogP contribution in [0.5, 0.6) is 5.75 Å². The van der Waals surface area contributed by atoms with Crippen LogP contribution in [0, 0.1) is 5.92 Å². The lowest BCUT2D eigenvalue weighted by molar-refractivity contribution is -0.129. The zero-order valence-corrected chi connectivity index (χ0v) is 12.5. The Bertz CT molecular complexity index is 655. The summed E-state index contributed by atoms with van der Waals surface area (Å²) in [5, 5.41) is 14.8. The first-order valence-electron chi connectivity index (χ1n) is 7.38. The van der Waals surface area contributed by atoms with Gasteiger partial charge < -0.3 is 15.6 Å². The maximum absolute atomic E-state index is 12.5. The van der Waals surface area contributed by atoms with Gasteiger partial charge in [-0.1, -0.05) is 12.1 Å².